The number of rotatable bonds is 5. The number of amides is 1. The van der Waals surface area contributed by atoms with E-state index in [-0.39, 0.29) is 5.91 Å². The van der Waals surface area contributed by atoms with Crippen LogP contribution >= 0.6 is 0 Å². The first kappa shape index (κ1) is 18.2. The number of anilines is 3. The third-order valence-electron chi connectivity index (χ3n) is 4.19. The summed E-state index contributed by atoms with van der Waals surface area (Å²) in [5.41, 5.74) is 3.92. The van der Waals surface area contributed by atoms with Gasteiger partial charge in [-0.15, -0.1) is 0 Å². The normalized spacial score (nSPS) is 10.1. The van der Waals surface area contributed by atoms with Gasteiger partial charge in [-0.3, -0.25) is 4.79 Å². The van der Waals surface area contributed by atoms with E-state index < -0.39 is 0 Å². The lowest BCUT2D eigenvalue weighted by molar-refractivity contribution is 0.102. The van der Waals surface area contributed by atoms with Crippen LogP contribution in [0.2, 0.25) is 0 Å². The fraction of sp³-hybridized carbons (Fsp3) is 0.136. The Morgan fingerprint density at radius 2 is 1.93 bits per heavy atom. The van der Waals surface area contributed by atoms with Crippen LogP contribution in [0.25, 0.3) is 0 Å². The van der Waals surface area contributed by atoms with Gasteiger partial charge >= 0.3 is 0 Å². The first-order chi connectivity index (χ1) is 13.1. The van der Waals surface area contributed by atoms with E-state index in [0.717, 1.165) is 18.1 Å². The Kier molecular flexibility index (Phi) is 5.48. The van der Waals surface area contributed by atoms with Crippen LogP contribution in [0.3, 0.4) is 0 Å². The van der Waals surface area contributed by atoms with Gasteiger partial charge in [-0.1, -0.05) is 12.1 Å². The predicted molar refractivity (Wildman–Crippen MR) is 107 cm³/mol. The highest BCUT2D eigenvalue weighted by Gasteiger charge is 2.11. The molecule has 1 aromatic heterocycles. The number of aromatic nitrogens is 1. The van der Waals surface area contributed by atoms with Crippen LogP contribution in [0.4, 0.5) is 17.2 Å². The summed E-state index contributed by atoms with van der Waals surface area (Å²) in [6.45, 7) is 4.89. The topological polar surface area (TPSA) is 69.0 Å². The SMILES string of the molecule is CCN(c1cccc(C)c1)c1ccc(C(=O)Nc2ccc(C#N)cc2)cn1. The average Bonchev–Trinajstić information content (AvgIpc) is 2.70. The largest absolute Gasteiger partial charge is 0.327 e. The van der Waals surface area contributed by atoms with Crippen LogP contribution in [0, 0.1) is 18.3 Å². The van der Waals surface area contributed by atoms with Gasteiger partial charge in [0.05, 0.1) is 17.2 Å². The van der Waals surface area contributed by atoms with E-state index in [0.29, 0.717) is 16.8 Å². The number of benzene rings is 2. The van der Waals surface area contributed by atoms with Crippen molar-refractivity contribution >= 4 is 23.1 Å². The molecule has 1 heterocycles. The molecule has 0 aliphatic rings. The van der Waals surface area contributed by atoms with Gasteiger partial charge in [0, 0.05) is 24.1 Å². The van der Waals surface area contributed by atoms with Crippen molar-refractivity contribution < 1.29 is 4.79 Å². The number of hydrogen-bond donors (Lipinski definition) is 1. The zero-order chi connectivity index (χ0) is 19.2. The molecule has 0 aliphatic carbocycles. The number of aryl methyl sites for hydroxylation is 1. The number of carbonyl (C=O) groups excluding carboxylic acids is 1. The summed E-state index contributed by atoms with van der Waals surface area (Å²) in [4.78, 5) is 19.0. The summed E-state index contributed by atoms with van der Waals surface area (Å²) < 4.78 is 0. The summed E-state index contributed by atoms with van der Waals surface area (Å²) in [5.74, 6) is 0.551. The van der Waals surface area contributed by atoms with Gasteiger partial charge < -0.3 is 10.2 Å². The summed E-state index contributed by atoms with van der Waals surface area (Å²) in [7, 11) is 0. The molecule has 0 spiro atoms. The number of pyridine rings is 1. The quantitative estimate of drug-likeness (QED) is 0.721. The lowest BCUT2D eigenvalue weighted by Crippen LogP contribution is -2.18. The molecule has 5 nitrogen and oxygen atoms in total. The predicted octanol–water partition coefficient (Wildman–Crippen LogP) is 4.67. The summed E-state index contributed by atoms with van der Waals surface area (Å²) in [6.07, 6.45) is 1.58. The Morgan fingerprint density at radius 1 is 1.15 bits per heavy atom. The number of nitrogens with zero attached hydrogens (tertiary/aromatic N) is 3. The van der Waals surface area contributed by atoms with Gasteiger partial charge in [-0.25, -0.2) is 4.98 Å². The molecular formula is C22H20N4O. The fourth-order valence-corrected chi connectivity index (χ4v) is 2.78. The van der Waals surface area contributed by atoms with Crippen LogP contribution < -0.4 is 10.2 Å². The average molecular weight is 356 g/mol. The summed E-state index contributed by atoms with van der Waals surface area (Å²) in [5, 5.41) is 11.6. The van der Waals surface area contributed by atoms with E-state index in [1.807, 2.05) is 18.2 Å². The zero-order valence-corrected chi connectivity index (χ0v) is 15.3. The Hall–Kier alpha value is -3.65. The molecule has 134 valence electrons. The number of hydrogen-bond acceptors (Lipinski definition) is 4. The molecule has 5 heteroatoms. The molecule has 0 aliphatic heterocycles. The van der Waals surface area contributed by atoms with E-state index >= 15 is 0 Å². The van der Waals surface area contributed by atoms with Crippen molar-refractivity contribution in [1.29, 1.82) is 5.26 Å². The number of nitrogens with one attached hydrogen (secondary N) is 1. The van der Waals surface area contributed by atoms with Crippen molar-refractivity contribution in [1.82, 2.24) is 4.98 Å². The molecule has 27 heavy (non-hydrogen) atoms. The molecule has 0 fully saturated rings. The van der Waals surface area contributed by atoms with Crippen LogP contribution in [0.1, 0.15) is 28.4 Å². The second-order valence-electron chi connectivity index (χ2n) is 6.13. The molecule has 0 bridgehead atoms. The molecule has 0 radical (unpaired) electrons. The van der Waals surface area contributed by atoms with Gasteiger partial charge in [0.25, 0.3) is 5.91 Å². The first-order valence-electron chi connectivity index (χ1n) is 8.72. The van der Waals surface area contributed by atoms with Gasteiger partial charge in [-0.2, -0.15) is 5.26 Å². The fourth-order valence-electron chi connectivity index (χ4n) is 2.78. The lowest BCUT2D eigenvalue weighted by Gasteiger charge is -2.22. The smallest absolute Gasteiger partial charge is 0.257 e. The van der Waals surface area contributed by atoms with Gasteiger partial charge in [0.2, 0.25) is 0 Å². The monoisotopic (exact) mass is 356 g/mol. The molecule has 2 aromatic carbocycles. The Morgan fingerprint density at radius 3 is 2.52 bits per heavy atom. The molecule has 0 unspecified atom stereocenters. The minimum atomic E-state index is -0.239. The standard InChI is InChI=1S/C22H20N4O/c1-3-26(20-6-4-5-16(2)13-20)21-12-9-18(15-24-21)22(27)25-19-10-7-17(14-23)8-11-19/h4-13,15H,3H2,1-2H3,(H,25,27). The Balaban J connectivity index is 1.75. The highest BCUT2D eigenvalue weighted by molar-refractivity contribution is 6.04. The maximum absolute atomic E-state index is 12.4. The van der Waals surface area contributed by atoms with Crippen LogP contribution in [-0.4, -0.2) is 17.4 Å². The van der Waals surface area contributed by atoms with E-state index in [1.54, 1.807) is 36.5 Å². The zero-order valence-electron chi connectivity index (χ0n) is 15.3. The van der Waals surface area contributed by atoms with Crippen molar-refractivity contribution in [3.05, 3.63) is 83.6 Å². The minimum Gasteiger partial charge on any atom is -0.327 e. The molecule has 3 rings (SSSR count). The van der Waals surface area contributed by atoms with Crippen molar-refractivity contribution in [3.8, 4) is 6.07 Å². The third kappa shape index (κ3) is 4.31. The van der Waals surface area contributed by atoms with Crippen LogP contribution in [0.5, 0.6) is 0 Å². The highest BCUT2D eigenvalue weighted by atomic mass is 16.1. The molecule has 3 aromatic rings. The molecule has 0 atom stereocenters. The Bertz CT molecular complexity index is 972. The van der Waals surface area contributed by atoms with E-state index in [1.165, 1.54) is 5.56 Å². The van der Waals surface area contributed by atoms with Gasteiger partial charge in [0.1, 0.15) is 5.82 Å². The van der Waals surface area contributed by atoms with E-state index in [4.69, 9.17) is 5.26 Å². The van der Waals surface area contributed by atoms with Crippen LogP contribution in [0.15, 0.2) is 66.9 Å². The highest BCUT2D eigenvalue weighted by Crippen LogP contribution is 2.24. The molecule has 1 amide bonds. The van der Waals surface area contributed by atoms with Gasteiger partial charge in [-0.05, 0) is 67.9 Å². The lowest BCUT2D eigenvalue weighted by atomic mass is 10.2. The summed E-state index contributed by atoms with van der Waals surface area (Å²) in [6, 6.07) is 20.6. The molecule has 1 N–H and O–H groups in total. The number of nitriles is 1. The van der Waals surface area contributed by atoms with Crippen molar-refractivity contribution in [2.45, 2.75) is 13.8 Å². The maximum Gasteiger partial charge on any atom is 0.257 e. The third-order valence-corrected chi connectivity index (χ3v) is 4.19. The second-order valence-corrected chi connectivity index (χ2v) is 6.13. The minimum absolute atomic E-state index is 0.239. The van der Waals surface area contributed by atoms with Crippen LogP contribution in [-0.2, 0) is 0 Å². The van der Waals surface area contributed by atoms with Crippen molar-refractivity contribution in [2.24, 2.45) is 0 Å². The van der Waals surface area contributed by atoms with E-state index in [9.17, 15) is 4.79 Å². The summed E-state index contributed by atoms with van der Waals surface area (Å²) >= 11 is 0. The van der Waals surface area contributed by atoms with Crippen molar-refractivity contribution in [3.63, 3.8) is 0 Å². The maximum atomic E-state index is 12.4. The molecule has 0 saturated carbocycles. The van der Waals surface area contributed by atoms with Gasteiger partial charge in [0.15, 0.2) is 0 Å². The van der Waals surface area contributed by atoms with E-state index in [2.05, 4.69) is 47.3 Å². The first-order valence-corrected chi connectivity index (χ1v) is 8.72. The Labute approximate surface area is 158 Å². The molecule has 0 saturated heterocycles. The van der Waals surface area contributed by atoms with Crippen molar-refractivity contribution in [2.75, 3.05) is 16.8 Å². The molecular weight excluding hydrogens is 336 g/mol. The second kappa shape index (κ2) is 8.15. The number of carbonyl (C=O) groups is 1.